The van der Waals surface area contributed by atoms with Crippen LogP contribution in [0.25, 0.3) is 10.2 Å². The lowest BCUT2D eigenvalue weighted by molar-refractivity contribution is -0.119. The van der Waals surface area contributed by atoms with E-state index >= 15 is 0 Å². The van der Waals surface area contributed by atoms with Crippen LogP contribution >= 0.6 is 11.3 Å². The second-order valence-corrected chi connectivity index (χ2v) is 5.74. The zero-order chi connectivity index (χ0) is 14.7. The number of nitrogens with zero attached hydrogens (tertiary/aromatic N) is 3. The largest absolute Gasteiger partial charge is 0.372 e. The van der Waals surface area contributed by atoms with E-state index in [0.29, 0.717) is 12.4 Å². The van der Waals surface area contributed by atoms with Crippen LogP contribution < -0.4 is 11.1 Å². The van der Waals surface area contributed by atoms with E-state index in [1.165, 1.54) is 0 Å². The Morgan fingerprint density at radius 2 is 2.25 bits per heavy atom. The third-order valence-electron chi connectivity index (χ3n) is 3.04. The summed E-state index contributed by atoms with van der Waals surface area (Å²) in [5, 5.41) is 6.10. The number of aromatic nitrogens is 2. The summed E-state index contributed by atoms with van der Waals surface area (Å²) in [6, 6.07) is 2.20. The fraction of sp³-hybridized carbons (Fsp3) is 0.462. The van der Waals surface area contributed by atoms with Crippen LogP contribution in [-0.4, -0.2) is 40.4 Å². The molecular weight excluding hydrogens is 274 g/mol. The van der Waals surface area contributed by atoms with Crippen molar-refractivity contribution in [2.24, 2.45) is 5.73 Å². The van der Waals surface area contributed by atoms with Gasteiger partial charge in [-0.05, 0) is 25.3 Å². The molecule has 20 heavy (non-hydrogen) atoms. The van der Waals surface area contributed by atoms with Crippen molar-refractivity contribution in [3.05, 3.63) is 17.3 Å². The predicted octanol–water partition coefficient (Wildman–Crippen LogP) is 1.43. The number of carbonyl (C=O) groups is 1. The molecule has 108 valence electrons. The van der Waals surface area contributed by atoms with Crippen molar-refractivity contribution in [3.63, 3.8) is 0 Å². The highest BCUT2D eigenvalue weighted by Crippen LogP contribution is 2.25. The monoisotopic (exact) mass is 293 g/mol. The van der Waals surface area contributed by atoms with E-state index in [9.17, 15) is 4.79 Å². The van der Waals surface area contributed by atoms with Crippen molar-refractivity contribution < 1.29 is 4.79 Å². The summed E-state index contributed by atoms with van der Waals surface area (Å²) in [4.78, 5) is 23.1. The van der Waals surface area contributed by atoms with Gasteiger partial charge in [0.05, 0.1) is 18.5 Å². The first kappa shape index (κ1) is 14.7. The van der Waals surface area contributed by atoms with Gasteiger partial charge in [0.25, 0.3) is 0 Å². The van der Waals surface area contributed by atoms with Crippen LogP contribution in [0.15, 0.2) is 11.4 Å². The van der Waals surface area contributed by atoms with Gasteiger partial charge in [-0.1, -0.05) is 0 Å². The van der Waals surface area contributed by atoms with Crippen molar-refractivity contribution in [3.8, 4) is 0 Å². The fourth-order valence-corrected chi connectivity index (χ4v) is 2.75. The molecule has 0 aliphatic rings. The number of primary amides is 1. The van der Waals surface area contributed by atoms with Crippen molar-refractivity contribution >= 4 is 33.3 Å². The predicted molar refractivity (Wildman–Crippen MR) is 81.7 cm³/mol. The molecular formula is C13H19N5OS. The second-order valence-electron chi connectivity index (χ2n) is 4.84. The van der Waals surface area contributed by atoms with Gasteiger partial charge in [0.2, 0.25) is 5.91 Å². The van der Waals surface area contributed by atoms with Gasteiger partial charge in [-0.2, -0.15) is 0 Å². The molecule has 3 N–H and O–H groups in total. The van der Waals surface area contributed by atoms with E-state index < -0.39 is 0 Å². The summed E-state index contributed by atoms with van der Waals surface area (Å²) in [5.41, 5.74) is 5.28. The van der Waals surface area contributed by atoms with Crippen LogP contribution in [0.1, 0.15) is 19.7 Å². The minimum Gasteiger partial charge on any atom is -0.372 e. The molecule has 7 heteroatoms. The van der Waals surface area contributed by atoms with Crippen LogP contribution in [-0.2, 0) is 11.3 Å². The molecule has 1 amide bonds. The topological polar surface area (TPSA) is 84.1 Å². The summed E-state index contributed by atoms with van der Waals surface area (Å²) in [6.45, 7) is 4.75. The van der Waals surface area contributed by atoms with Crippen molar-refractivity contribution in [2.45, 2.75) is 26.4 Å². The minimum absolute atomic E-state index is 0.197. The molecule has 2 heterocycles. The number of anilines is 1. The molecule has 0 aromatic carbocycles. The Balaban J connectivity index is 2.29. The lowest BCUT2D eigenvalue weighted by Gasteiger charge is -2.24. The average molecular weight is 293 g/mol. The minimum atomic E-state index is -0.343. The van der Waals surface area contributed by atoms with Crippen LogP contribution in [0.5, 0.6) is 0 Å². The quantitative estimate of drug-likeness (QED) is 0.841. The first-order valence-electron chi connectivity index (χ1n) is 6.45. The molecule has 0 radical (unpaired) electrons. The number of hydrogen-bond acceptors (Lipinski definition) is 6. The Morgan fingerprint density at radius 3 is 2.85 bits per heavy atom. The normalized spacial score (nSPS) is 11.4. The number of rotatable bonds is 6. The Morgan fingerprint density at radius 1 is 1.50 bits per heavy atom. The van der Waals surface area contributed by atoms with Gasteiger partial charge in [0, 0.05) is 13.1 Å². The summed E-state index contributed by atoms with van der Waals surface area (Å²) in [7, 11) is 1.84. The molecule has 0 fully saturated rings. The number of carbonyl (C=O) groups excluding carboxylic acids is 1. The molecule has 2 aromatic heterocycles. The Kier molecular flexibility index (Phi) is 4.51. The molecule has 0 bridgehead atoms. The second kappa shape index (κ2) is 6.15. The molecule has 0 spiro atoms. The third-order valence-corrected chi connectivity index (χ3v) is 3.85. The number of amides is 1. The standard InChI is InChI=1S/C13H19N5OS/c1-8(2)18(6-10(14)19)7-11-16-12(15-3)9-4-5-20-13(9)17-11/h4-5,8H,6-7H2,1-3H3,(H2,14,19)(H,15,16,17). The molecule has 0 saturated carbocycles. The molecule has 0 aliphatic heterocycles. The zero-order valence-corrected chi connectivity index (χ0v) is 12.7. The molecule has 0 unspecified atom stereocenters. The fourth-order valence-electron chi connectivity index (χ4n) is 1.96. The van der Waals surface area contributed by atoms with E-state index in [1.807, 2.05) is 37.2 Å². The molecule has 0 saturated heterocycles. The zero-order valence-electron chi connectivity index (χ0n) is 11.9. The Bertz CT molecular complexity index is 610. The highest BCUT2D eigenvalue weighted by atomic mass is 32.1. The van der Waals surface area contributed by atoms with E-state index in [-0.39, 0.29) is 18.5 Å². The van der Waals surface area contributed by atoms with E-state index in [2.05, 4.69) is 15.3 Å². The van der Waals surface area contributed by atoms with Crippen LogP contribution in [0.3, 0.4) is 0 Å². The van der Waals surface area contributed by atoms with Crippen LogP contribution in [0, 0.1) is 0 Å². The average Bonchev–Trinajstić information content (AvgIpc) is 2.84. The Labute approximate surface area is 122 Å². The molecule has 2 rings (SSSR count). The van der Waals surface area contributed by atoms with E-state index in [0.717, 1.165) is 16.0 Å². The van der Waals surface area contributed by atoms with Gasteiger partial charge in [-0.15, -0.1) is 11.3 Å². The smallest absolute Gasteiger partial charge is 0.231 e. The van der Waals surface area contributed by atoms with Gasteiger partial charge >= 0.3 is 0 Å². The van der Waals surface area contributed by atoms with Gasteiger partial charge in [0.15, 0.2) is 0 Å². The number of fused-ring (bicyclic) bond motifs is 1. The number of nitrogens with one attached hydrogen (secondary N) is 1. The maximum absolute atomic E-state index is 11.1. The number of nitrogens with two attached hydrogens (primary N) is 1. The van der Waals surface area contributed by atoms with Gasteiger partial charge in [0.1, 0.15) is 16.5 Å². The van der Waals surface area contributed by atoms with Crippen molar-refractivity contribution in [2.75, 3.05) is 18.9 Å². The molecule has 6 nitrogen and oxygen atoms in total. The van der Waals surface area contributed by atoms with E-state index in [4.69, 9.17) is 5.73 Å². The molecule has 0 aliphatic carbocycles. The highest BCUT2D eigenvalue weighted by Gasteiger charge is 2.16. The number of hydrogen-bond donors (Lipinski definition) is 2. The molecule has 2 aromatic rings. The van der Waals surface area contributed by atoms with Crippen molar-refractivity contribution in [1.29, 1.82) is 0 Å². The summed E-state index contributed by atoms with van der Waals surface area (Å²) >= 11 is 1.58. The van der Waals surface area contributed by atoms with E-state index in [1.54, 1.807) is 11.3 Å². The molecule has 0 atom stereocenters. The Hall–Kier alpha value is -1.73. The summed E-state index contributed by atoms with van der Waals surface area (Å²) < 4.78 is 0. The van der Waals surface area contributed by atoms with Gasteiger partial charge in [-0.3, -0.25) is 9.69 Å². The third kappa shape index (κ3) is 3.23. The van der Waals surface area contributed by atoms with Gasteiger partial charge < -0.3 is 11.1 Å². The van der Waals surface area contributed by atoms with Crippen LogP contribution in [0.4, 0.5) is 5.82 Å². The summed E-state index contributed by atoms with van der Waals surface area (Å²) in [6.07, 6.45) is 0. The lowest BCUT2D eigenvalue weighted by Crippen LogP contribution is -2.38. The maximum Gasteiger partial charge on any atom is 0.231 e. The van der Waals surface area contributed by atoms with Crippen LogP contribution in [0.2, 0.25) is 0 Å². The van der Waals surface area contributed by atoms with Crippen molar-refractivity contribution in [1.82, 2.24) is 14.9 Å². The van der Waals surface area contributed by atoms with Gasteiger partial charge in [-0.25, -0.2) is 9.97 Å². The maximum atomic E-state index is 11.1. The highest BCUT2D eigenvalue weighted by molar-refractivity contribution is 7.16. The lowest BCUT2D eigenvalue weighted by atomic mass is 10.3. The first-order valence-corrected chi connectivity index (χ1v) is 7.33. The summed E-state index contributed by atoms with van der Waals surface area (Å²) in [5.74, 6) is 1.16. The number of thiophene rings is 1. The SMILES string of the molecule is CNc1nc(CN(CC(N)=O)C(C)C)nc2sccc12. The first-order chi connectivity index (χ1) is 9.51.